The van der Waals surface area contributed by atoms with Crippen molar-refractivity contribution in [2.45, 2.75) is 34.1 Å². The smallest absolute Gasteiger partial charge is 0.335 e. The van der Waals surface area contributed by atoms with Crippen LogP contribution in [0, 0.1) is 10.1 Å². The normalized spacial score (nSPS) is 8.87. The molecule has 0 fully saturated rings. The van der Waals surface area contributed by atoms with Crippen molar-refractivity contribution in [3.05, 3.63) is 75.3 Å². The second-order valence-electron chi connectivity index (χ2n) is 4.10. The molecule has 23 heavy (non-hydrogen) atoms. The maximum Gasteiger partial charge on any atom is 0.335 e. The Morgan fingerprint density at radius 1 is 0.913 bits per heavy atom. The third kappa shape index (κ3) is 6.74. The number of carboxylic acid groups (broad SMARTS) is 1. The fourth-order valence-electron chi connectivity index (χ4n) is 1.74. The van der Waals surface area contributed by atoms with Gasteiger partial charge in [-0.3, -0.25) is 10.1 Å². The van der Waals surface area contributed by atoms with E-state index in [4.69, 9.17) is 5.11 Å². The largest absolute Gasteiger partial charge is 0.478 e. The number of hydrogen-bond acceptors (Lipinski definition) is 3. The van der Waals surface area contributed by atoms with E-state index >= 15 is 0 Å². The monoisotopic (exact) mass is 317 g/mol. The Morgan fingerprint density at radius 2 is 1.30 bits per heavy atom. The van der Waals surface area contributed by atoms with Gasteiger partial charge in [0, 0.05) is 12.1 Å². The first-order chi connectivity index (χ1) is 11.1. The zero-order valence-corrected chi connectivity index (χ0v) is 13.9. The Bertz CT molecular complexity index is 548. The number of carboxylic acids is 1. The summed E-state index contributed by atoms with van der Waals surface area (Å²) >= 11 is 0. The number of benzene rings is 2. The van der Waals surface area contributed by atoms with Crippen molar-refractivity contribution in [3.63, 3.8) is 0 Å². The third-order valence-electron chi connectivity index (χ3n) is 2.76. The standard InChI is InChI=1S/C14H11NO4.2C2H6/c16-14(17)12-5-1-10(2-6-12)9-11-3-7-13(8-4-11)15(18)19;2*1-2/h1-8H,9H2,(H,16,17);2*1-2H3. The van der Waals surface area contributed by atoms with Gasteiger partial charge in [-0.25, -0.2) is 4.79 Å². The van der Waals surface area contributed by atoms with Crippen LogP contribution in [0.15, 0.2) is 48.5 Å². The summed E-state index contributed by atoms with van der Waals surface area (Å²) in [6.45, 7) is 8.00. The summed E-state index contributed by atoms with van der Waals surface area (Å²) in [6.07, 6.45) is 0.609. The molecule has 0 heterocycles. The van der Waals surface area contributed by atoms with Crippen molar-refractivity contribution >= 4 is 11.7 Å². The van der Waals surface area contributed by atoms with E-state index in [0.717, 1.165) is 11.1 Å². The Kier molecular flexibility index (Phi) is 9.67. The summed E-state index contributed by atoms with van der Waals surface area (Å²) in [4.78, 5) is 20.8. The lowest BCUT2D eigenvalue weighted by Crippen LogP contribution is -1.96. The van der Waals surface area contributed by atoms with Gasteiger partial charge in [0.15, 0.2) is 0 Å². The van der Waals surface area contributed by atoms with Crippen molar-refractivity contribution < 1.29 is 14.8 Å². The molecule has 2 aromatic carbocycles. The Hall–Kier alpha value is -2.69. The molecular formula is C18H23NO4. The van der Waals surface area contributed by atoms with Crippen LogP contribution in [0.1, 0.15) is 49.2 Å². The number of nitro benzene ring substituents is 1. The molecule has 0 atom stereocenters. The molecule has 0 aliphatic heterocycles. The summed E-state index contributed by atoms with van der Waals surface area (Å²) in [6, 6.07) is 12.9. The molecule has 0 saturated heterocycles. The highest BCUT2D eigenvalue weighted by atomic mass is 16.6. The minimum atomic E-state index is -0.957. The lowest BCUT2D eigenvalue weighted by atomic mass is 10.0. The van der Waals surface area contributed by atoms with Crippen LogP contribution >= 0.6 is 0 Å². The van der Waals surface area contributed by atoms with Gasteiger partial charge in [0.1, 0.15) is 0 Å². The van der Waals surface area contributed by atoms with Crippen LogP contribution in [0.2, 0.25) is 0 Å². The van der Waals surface area contributed by atoms with E-state index in [1.54, 1.807) is 36.4 Å². The highest BCUT2D eigenvalue weighted by Crippen LogP contribution is 2.15. The van der Waals surface area contributed by atoms with Crippen LogP contribution in [0.25, 0.3) is 0 Å². The Labute approximate surface area is 136 Å². The molecule has 0 radical (unpaired) electrons. The molecule has 1 N–H and O–H groups in total. The van der Waals surface area contributed by atoms with Crippen LogP contribution in [0.4, 0.5) is 5.69 Å². The molecule has 0 aliphatic carbocycles. The molecule has 0 saturated carbocycles. The molecule has 0 aliphatic rings. The lowest BCUT2D eigenvalue weighted by molar-refractivity contribution is -0.384. The van der Waals surface area contributed by atoms with E-state index in [1.165, 1.54) is 12.1 Å². The van der Waals surface area contributed by atoms with Gasteiger partial charge < -0.3 is 5.11 Å². The second-order valence-corrected chi connectivity index (χ2v) is 4.10. The second kappa shape index (κ2) is 11.0. The van der Waals surface area contributed by atoms with Crippen molar-refractivity contribution in [2.75, 3.05) is 0 Å². The molecule has 0 spiro atoms. The molecule has 2 aromatic rings. The quantitative estimate of drug-likeness (QED) is 0.640. The number of aromatic carboxylic acids is 1. The molecule has 124 valence electrons. The number of rotatable bonds is 4. The van der Waals surface area contributed by atoms with Crippen molar-refractivity contribution in [1.82, 2.24) is 0 Å². The number of nitro groups is 1. The van der Waals surface area contributed by atoms with E-state index in [2.05, 4.69) is 0 Å². The van der Waals surface area contributed by atoms with Crippen LogP contribution in [0.3, 0.4) is 0 Å². The van der Waals surface area contributed by atoms with E-state index in [9.17, 15) is 14.9 Å². The van der Waals surface area contributed by atoms with E-state index in [0.29, 0.717) is 6.42 Å². The van der Waals surface area contributed by atoms with Gasteiger partial charge in [-0.15, -0.1) is 0 Å². The van der Waals surface area contributed by atoms with Gasteiger partial charge in [-0.2, -0.15) is 0 Å². The molecule has 2 rings (SSSR count). The van der Waals surface area contributed by atoms with Gasteiger partial charge in [0.05, 0.1) is 10.5 Å². The molecule has 0 aromatic heterocycles. The first-order valence-electron chi connectivity index (χ1n) is 7.62. The summed E-state index contributed by atoms with van der Waals surface area (Å²) in [7, 11) is 0. The predicted octanol–water partition coefficient (Wildman–Crippen LogP) is 4.94. The summed E-state index contributed by atoms with van der Waals surface area (Å²) < 4.78 is 0. The lowest BCUT2D eigenvalue weighted by Gasteiger charge is -2.02. The van der Waals surface area contributed by atoms with Gasteiger partial charge in [-0.05, 0) is 29.7 Å². The predicted molar refractivity (Wildman–Crippen MR) is 92.0 cm³/mol. The minimum Gasteiger partial charge on any atom is -0.478 e. The number of hydrogen-bond donors (Lipinski definition) is 1. The zero-order chi connectivity index (χ0) is 17.8. The highest BCUT2D eigenvalue weighted by Gasteiger charge is 2.05. The number of carbonyl (C=O) groups is 1. The fraction of sp³-hybridized carbons (Fsp3) is 0.278. The number of nitrogens with zero attached hydrogens (tertiary/aromatic N) is 1. The minimum absolute atomic E-state index is 0.0602. The van der Waals surface area contributed by atoms with E-state index in [1.807, 2.05) is 27.7 Å². The van der Waals surface area contributed by atoms with Gasteiger partial charge in [0.25, 0.3) is 5.69 Å². The maximum atomic E-state index is 10.7. The summed E-state index contributed by atoms with van der Waals surface area (Å²) in [5, 5.41) is 19.3. The fourth-order valence-corrected chi connectivity index (χ4v) is 1.74. The van der Waals surface area contributed by atoms with Crippen LogP contribution < -0.4 is 0 Å². The van der Waals surface area contributed by atoms with E-state index in [-0.39, 0.29) is 11.3 Å². The van der Waals surface area contributed by atoms with Crippen LogP contribution in [-0.4, -0.2) is 16.0 Å². The zero-order valence-electron chi connectivity index (χ0n) is 13.9. The van der Waals surface area contributed by atoms with Gasteiger partial charge >= 0.3 is 5.97 Å². The van der Waals surface area contributed by atoms with Crippen molar-refractivity contribution in [2.24, 2.45) is 0 Å². The Morgan fingerprint density at radius 3 is 1.65 bits per heavy atom. The topological polar surface area (TPSA) is 80.4 Å². The molecule has 5 heteroatoms. The molecular weight excluding hydrogens is 294 g/mol. The first kappa shape index (κ1) is 20.3. The summed E-state index contributed by atoms with van der Waals surface area (Å²) in [5.41, 5.74) is 2.20. The van der Waals surface area contributed by atoms with Crippen molar-refractivity contribution in [1.29, 1.82) is 0 Å². The molecule has 0 amide bonds. The molecule has 0 bridgehead atoms. The van der Waals surface area contributed by atoms with Gasteiger partial charge in [-0.1, -0.05) is 52.0 Å². The van der Waals surface area contributed by atoms with Crippen molar-refractivity contribution in [3.8, 4) is 0 Å². The van der Waals surface area contributed by atoms with Crippen LogP contribution in [0.5, 0.6) is 0 Å². The number of non-ortho nitro benzene ring substituents is 1. The molecule has 5 nitrogen and oxygen atoms in total. The van der Waals surface area contributed by atoms with Gasteiger partial charge in [0.2, 0.25) is 0 Å². The average Bonchev–Trinajstić information content (AvgIpc) is 2.59. The third-order valence-corrected chi connectivity index (χ3v) is 2.76. The maximum absolute atomic E-state index is 10.7. The SMILES string of the molecule is CC.CC.O=C(O)c1ccc(Cc2ccc([N+](=O)[O-])cc2)cc1. The average molecular weight is 317 g/mol. The first-order valence-corrected chi connectivity index (χ1v) is 7.62. The Balaban J connectivity index is 0.00000112. The molecule has 0 unspecified atom stereocenters. The summed E-state index contributed by atoms with van der Waals surface area (Å²) in [5.74, 6) is -0.957. The van der Waals surface area contributed by atoms with Crippen LogP contribution in [-0.2, 0) is 6.42 Å². The highest BCUT2D eigenvalue weighted by molar-refractivity contribution is 5.87. The van der Waals surface area contributed by atoms with E-state index < -0.39 is 10.9 Å².